The van der Waals surface area contributed by atoms with Crippen molar-refractivity contribution in [3.8, 4) is 16.5 Å². The Morgan fingerprint density at radius 3 is 2.90 bits per heavy atom. The first-order valence-electron chi connectivity index (χ1n) is 6.12. The number of rotatable bonds is 4. The average Bonchev–Trinajstić information content (AvgIpc) is 3.10. The van der Waals surface area contributed by atoms with Crippen molar-refractivity contribution in [2.75, 3.05) is 0 Å². The summed E-state index contributed by atoms with van der Waals surface area (Å²) < 4.78 is 25.5. The summed E-state index contributed by atoms with van der Waals surface area (Å²) in [6.45, 7) is 1.73. The summed E-state index contributed by atoms with van der Waals surface area (Å²) >= 11 is 4.70. The lowest BCUT2D eigenvalue weighted by Crippen LogP contribution is -2.04. The van der Waals surface area contributed by atoms with Gasteiger partial charge in [-0.25, -0.2) is 4.39 Å². The van der Waals surface area contributed by atoms with Gasteiger partial charge in [-0.15, -0.1) is 21.5 Å². The summed E-state index contributed by atoms with van der Waals surface area (Å²) in [4.78, 5) is 0.885. The van der Waals surface area contributed by atoms with Gasteiger partial charge in [0.2, 0.25) is 0 Å². The maximum absolute atomic E-state index is 13.7. The van der Waals surface area contributed by atoms with Crippen LogP contribution in [0.5, 0.6) is 5.75 Å². The molecular formula is C14H10BrFN2O2S. The molecular weight excluding hydrogens is 359 g/mol. The third-order valence-electron chi connectivity index (χ3n) is 2.72. The number of halogens is 2. The van der Waals surface area contributed by atoms with Gasteiger partial charge in [-0.2, -0.15) is 0 Å². The highest BCUT2D eigenvalue weighted by Gasteiger charge is 2.18. The van der Waals surface area contributed by atoms with Crippen LogP contribution in [0, 0.1) is 5.82 Å². The maximum atomic E-state index is 13.7. The summed E-state index contributed by atoms with van der Waals surface area (Å²) in [5.74, 6) is 0.434. The van der Waals surface area contributed by atoms with Crippen molar-refractivity contribution in [1.29, 1.82) is 0 Å². The Hall–Kier alpha value is -1.73. The number of benzene rings is 1. The Morgan fingerprint density at radius 1 is 1.33 bits per heavy atom. The van der Waals surface area contributed by atoms with E-state index >= 15 is 0 Å². The summed E-state index contributed by atoms with van der Waals surface area (Å²) in [6, 6.07) is 8.39. The fourth-order valence-electron chi connectivity index (χ4n) is 1.71. The molecule has 0 aliphatic carbocycles. The predicted octanol–water partition coefficient (Wildman–Crippen LogP) is 4.84. The molecule has 3 rings (SSSR count). The minimum absolute atomic E-state index is 0.140. The molecule has 0 aliphatic rings. The lowest BCUT2D eigenvalue weighted by atomic mass is 10.3. The zero-order chi connectivity index (χ0) is 14.8. The van der Waals surface area contributed by atoms with Gasteiger partial charge in [-0.3, -0.25) is 0 Å². The Labute approximate surface area is 132 Å². The quantitative estimate of drug-likeness (QED) is 0.660. The van der Waals surface area contributed by atoms with E-state index in [1.807, 2.05) is 17.5 Å². The molecule has 108 valence electrons. The number of hydrogen-bond donors (Lipinski definition) is 0. The van der Waals surface area contributed by atoms with Crippen molar-refractivity contribution in [3.05, 3.63) is 51.9 Å². The third-order valence-corrected chi connectivity index (χ3v) is 4.07. The normalized spacial score (nSPS) is 12.3. The van der Waals surface area contributed by atoms with Crippen LogP contribution in [-0.2, 0) is 0 Å². The number of aromatic nitrogens is 2. The highest BCUT2D eigenvalue weighted by atomic mass is 79.9. The molecule has 0 saturated heterocycles. The Kier molecular flexibility index (Phi) is 4.03. The smallest absolute Gasteiger partial charge is 0.257 e. The molecule has 0 radical (unpaired) electrons. The molecule has 21 heavy (non-hydrogen) atoms. The van der Waals surface area contributed by atoms with Gasteiger partial charge >= 0.3 is 0 Å². The highest BCUT2D eigenvalue weighted by Crippen LogP contribution is 2.28. The fourth-order valence-corrected chi connectivity index (χ4v) is 2.69. The van der Waals surface area contributed by atoms with E-state index in [1.54, 1.807) is 19.1 Å². The lowest BCUT2D eigenvalue weighted by molar-refractivity contribution is 0.182. The molecule has 0 saturated carbocycles. The molecule has 0 amide bonds. The zero-order valence-electron chi connectivity index (χ0n) is 10.9. The Bertz CT molecular complexity index is 745. The minimum Gasteiger partial charge on any atom is -0.478 e. The monoisotopic (exact) mass is 368 g/mol. The van der Waals surface area contributed by atoms with Gasteiger partial charge in [0.15, 0.2) is 17.7 Å². The molecule has 2 heterocycles. The molecule has 0 fully saturated rings. The zero-order valence-corrected chi connectivity index (χ0v) is 13.3. The van der Waals surface area contributed by atoms with E-state index in [4.69, 9.17) is 9.15 Å². The molecule has 7 heteroatoms. The molecule has 0 bridgehead atoms. The lowest BCUT2D eigenvalue weighted by Gasteiger charge is -2.11. The Morgan fingerprint density at radius 2 is 2.19 bits per heavy atom. The second-order valence-electron chi connectivity index (χ2n) is 4.26. The van der Waals surface area contributed by atoms with Crippen LogP contribution in [0.4, 0.5) is 4.39 Å². The third kappa shape index (κ3) is 3.14. The first-order chi connectivity index (χ1) is 10.1. The van der Waals surface area contributed by atoms with E-state index in [2.05, 4.69) is 26.1 Å². The van der Waals surface area contributed by atoms with Crippen molar-refractivity contribution in [2.24, 2.45) is 0 Å². The van der Waals surface area contributed by atoms with E-state index < -0.39 is 11.9 Å². The number of thiophene rings is 1. The van der Waals surface area contributed by atoms with Crippen LogP contribution in [0.1, 0.15) is 18.9 Å². The van der Waals surface area contributed by atoms with E-state index in [9.17, 15) is 4.39 Å². The van der Waals surface area contributed by atoms with Crippen LogP contribution in [0.25, 0.3) is 10.8 Å². The predicted molar refractivity (Wildman–Crippen MR) is 80.8 cm³/mol. The molecule has 3 aromatic rings. The van der Waals surface area contributed by atoms with E-state index in [0.717, 1.165) is 4.88 Å². The summed E-state index contributed by atoms with van der Waals surface area (Å²) in [5, 5.41) is 9.85. The second-order valence-corrected chi connectivity index (χ2v) is 6.12. The molecule has 1 aromatic carbocycles. The standard InChI is InChI=1S/C14H10BrFN2O2S/c1-8(19-11-5-4-9(15)7-10(11)16)13-17-18-14(20-13)12-3-2-6-21-12/h2-8H,1H3/t8-/m1/s1. The second kappa shape index (κ2) is 5.95. The Balaban J connectivity index is 1.78. The molecule has 2 aromatic heterocycles. The van der Waals surface area contributed by atoms with Gasteiger partial charge in [0.25, 0.3) is 11.8 Å². The molecule has 0 unspecified atom stereocenters. The highest BCUT2D eigenvalue weighted by molar-refractivity contribution is 9.10. The van der Waals surface area contributed by atoms with E-state index in [1.165, 1.54) is 17.4 Å². The minimum atomic E-state index is -0.540. The first-order valence-corrected chi connectivity index (χ1v) is 7.80. The summed E-state index contributed by atoms with van der Waals surface area (Å²) in [5.41, 5.74) is 0. The molecule has 4 nitrogen and oxygen atoms in total. The first kappa shape index (κ1) is 14.2. The number of nitrogens with zero attached hydrogens (tertiary/aromatic N) is 2. The van der Waals surface area contributed by atoms with Crippen molar-refractivity contribution in [1.82, 2.24) is 10.2 Å². The van der Waals surface area contributed by atoms with Gasteiger partial charge < -0.3 is 9.15 Å². The summed E-state index contributed by atoms with van der Waals surface area (Å²) in [7, 11) is 0. The van der Waals surface area contributed by atoms with Gasteiger partial charge in [-0.05, 0) is 36.6 Å². The van der Waals surface area contributed by atoms with Gasteiger partial charge in [0, 0.05) is 4.47 Å². The maximum Gasteiger partial charge on any atom is 0.257 e. The molecule has 0 aliphatic heterocycles. The average molecular weight is 369 g/mol. The summed E-state index contributed by atoms with van der Waals surface area (Å²) in [6.07, 6.45) is -0.540. The van der Waals surface area contributed by atoms with Crippen LogP contribution >= 0.6 is 27.3 Å². The number of hydrogen-bond acceptors (Lipinski definition) is 5. The molecule has 0 N–H and O–H groups in total. The molecule has 1 atom stereocenters. The largest absolute Gasteiger partial charge is 0.478 e. The van der Waals surface area contributed by atoms with Gasteiger partial charge in [-0.1, -0.05) is 22.0 Å². The van der Waals surface area contributed by atoms with Crippen LogP contribution in [-0.4, -0.2) is 10.2 Å². The van der Waals surface area contributed by atoms with Crippen LogP contribution in [0.3, 0.4) is 0 Å². The van der Waals surface area contributed by atoms with Crippen molar-refractivity contribution < 1.29 is 13.5 Å². The van der Waals surface area contributed by atoms with E-state index in [-0.39, 0.29) is 5.75 Å². The van der Waals surface area contributed by atoms with Crippen molar-refractivity contribution >= 4 is 27.3 Å². The van der Waals surface area contributed by atoms with E-state index in [0.29, 0.717) is 16.3 Å². The van der Waals surface area contributed by atoms with Gasteiger partial charge in [0.1, 0.15) is 0 Å². The van der Waals surface area contributed by atoms with Crippen LogP contribution < -0.4 is 4.74 Å². The van der Waals surface area contributed by atoms with Crippen molar-refractivity contribution in [3.63, 3.8) is 0 Å². The molecule has 0 spiro atoms. The topological polar surface area (TPSA) is 48.2 Å². The van der Waals surface area contributed by atoms with Gasteiger partial charge in [0.05, 0.1) is 4.88 Å². The van der Waals surface area contributed by atoms with Crippen LogP contribution in [0.2, 0.25) is 0 Å². The SMILES string of the molecule is C[C@@H](Oc1ccc(Br)cc1F)c1nnc(-c2cccs2)o1. The van der Waals surface area contributed by atoms with Crippen LogP contribution in [0.15, 0.2) is 44.6 Å². The fraction of sp³-hybridized carbons (Fsp3) is 0.143. The van der Waals surface area contributed by atoms with Crippen molar-refractivity contribution in [2.45, 2.75) is 13.0 Å². The number of ether oxygens (including phenoxy) is 1.